The van der Waals surface area contributed by atoms with Crippen molar-refractivity contribution in [2.45, 2.75) is 39.7 Å². The van der Waals surface area contributed by atoms with E-state index < -0.39 is 0 Å². The largest absolute Gasteiger partial charge is 0.393 e. The minimum absolute atomic E-state index is 0.0178. The van der Waals surface area contributed by atoms with Gasteiger partial charge in [0.1, 0.15) is 0 Å². The van der Waals surface area contributed by atoms with E-state index in [4.69, 9.17) is 0 Å². The normalized spacial score (nSPS) is 14.5. The van der Waals surface area contributed by atoms with E-state index in [1.54, 1.807) is 11.3 Å². The van der Waals surface area contributed by atoms with Gasteiger partial charge in [0.25, 0.3) is 0 Å². The third-order valence-electron chi connectivity index (χ3n) is 2.16. The number of aryl methyl sites for hydroxylation is 1. The Labute approximate surface area is 83.6 Å². The molecule has 0 aliphatic heterocycles. The molecule has 1 atom stereocenters. The van der Waals surface area contributed by atoms with Crippen LogP contribution in [0.4, 0.5) is 0 Å². The topological polar surface area (TPSA) is 33.1 Å². The first kappa shape index (κ1) is 10.7. The number of aliphatic hydroxyl groups excluding tert-OH is 1. The molecule has 0 aromatic carbocycles. The molecule has 0 bridgehead atoms. The number of hydrogen-bond acceptors (Lipinski definition) is 3. The third kappa shape index (κ3) is 3.44. The Morgan fingerprint density at radius 2 is 2.23 bits per heavy atom. The second-order valence-electron chi connectivity index (χ2n) is 4.40. The predicted octanol–water partition coefficient (Wildman–Crippen LogP) is 2.48. The summed E-state index contributed by atoms with van der Waals surface area (Å²) in [5, 5.41) is 11.8. The van der Waals surface area contributed by atoms with Crippen LogP contribution in [-0.4, -0.2) is 16.2 Å². The highest BCUT2D eigenvalue weighted by Gasteiger charge is 2.21. The zero-order valence-corrected chi connectivity index (χ0v) is 9.27. The third-order valence-corrected chi connectivity index (χ3v) is 2.79. The predicted molar refractivity (Wildman–Crippen MR) is 55.9 cm³/mol. The van der Waals surface area contributed by atoms with Gasteiger partial charge in [0.15, 0.2) is 0 Å². The van der Waals surface area contributed by atoms with Gasteiger partial charge < -0.3 is 5.11 Å². The fourth-order valence-corrected chi connectivity index (χ4v) is 1.67. The quantitative estimate of drug-likeness (QED) is 0.811. The molecule has 2 nitrogen and oxygen atoms in total. The average molecular weight is 199 g/mol. The van der Waals surface area contributed by atoms with Crippen molar-refractivity contribution in [3.63, 3.8) is 0 Å². The van der Waals surface area contributed by atoms with Gasteiger partial charge >= 0.3 is 0 Å². The van der Waals surface area contributed by atoms with Crippen molar-refractivity contribution in [1.29, 1.82) is 0 Å². The summed E-state index contributed by atoms with van der Waals surface area (Å²) in [7, 11) is 0. The molecule has 1 aromatic rings. The molecule has 0 aliphatic carbocycles. The number of hydrogen-bond donors (Lipinski definition) is 1. The second kappa shape index (κ2) is 4.20. The van der Waals surface area contributed by atoms with Crippen molar-refractivity contribution in [1.82, 2.24) is 4.98 Å². The first-order chi connectivity index (χ1) is 6.00. The number of thiazole rings is 1. The van der Waals surface area contributed by atoms with Crippen LogP contribution in [0.1, 0.15) is 32.9 Å². The Morgan fingerprint density at radius 1 is 1.54 bits per heavy atom. The number of aliphatic hydroxyl groups is 1. The fraction of sp³-hybridized carbons (Fsp3) is 0.700. The lowest BCUT2D eigenvalue weighted by Gasteiger charge is -2.25. The summed E-state index contributed by atoms with van der Waals surface area (Å²) >= 11 is 1.61. The van der Waals surface area contributed by atoms with Crippen LogP contribution in [0.2, 0.25) is 0 Å². The maximum absolute atomic E-state index is 9.76. The first-order valence-electron chi connectivity index (χ1n) is 4.55. The molecule has 1 rings (SSSR count). The molecule has 0 spiro atoms. The zero-order valence-electron chi connectivity index (χ0n) is 8.45. The van der Waals surface area contributed by atoms with Gasteiger partial charge in [-0.2, -0.15) is 0 Å². The number of rotatable bonds is 3. The average Bonchev–Trinajstić information content (AvgIpc) is 2.50. The van der Waals surface area contributed by atoms with Crippen LogP contribution in [0.5, 0.6) is 0 Å². The highest BCUT2D eigenvalue weighted by Crippen LogP contribution is 2.22. The molecule has 1 unspecified atom stereocenters. The summed E-state index contributed by atoms with van der Waals surface area (Å²) in [5.74, 6) is 0. The van der Waals surface area contributed by atoms with Crippen molar-refractivity contribution in [3.8, 4) is 0 Å². The molecule has 13 heavy (non-hydrogen) atoms. The van der Waals surface area contributed by atoms with Crippen molar-refractivity contribution in [2.75, 3.05) is 0 Å². The van der Waals surface area contributed by atoms with E-state index in [-0.39, 0.29) is 11.5 Å². The van der Waals surface area contributed by atoms with Crippen molar-refractivity contribution in [2.24, 2.45) is 5.41 Å². The van der Waals surface area contributed by atoms with E-state index in [0.29, 0.717) is 0 Å². The maximum Gasteiger partial charge on any atom is 0.0794 e. The summed E-state index contributed by atoms with van der Waals surface area (Å²) in [6.45, 7) is 6.16. The molecule has 1 N–H and O–H groups in total. The molecule has 0 radical (unpaired) electrons. The molecule has 1 heterocycles. The number of nitrogens with zero attached hydrogens (tertiary/aromatic N) is 1. The van der Waals surface area contributed by atoms with Crippen LogP contribution >= 0.6 is 11.3 Å². The lowest BCUT2D eigenvalue weighted by molar-refractivity contribution is 0.0558. The molecule has 0 saturated heterocycles. The standard InChI is InChI=1S/C10H17NOS/c1-10(2,3)9(12)5-4-8-6-13-7-11-8/h6-7,9,12H,4-5H2,1-3H3. The Morgan fingerprint density at radius 3 is 2.69 bits per heavy atom. The zero-order chi connectivity index (χ0) is 9.90. The first-order valence-corrected chi connectivity index (χ1v) is 5.49. The fourth-order valence-electron chi connectivity index (χ4n) is 1.08. The van der Waals surface area contributed by atoms with E-state index in [2.05, 4.69) is 25.8 Å². The maximum atomic E-state index is 9.76. The SMILES string of the molecule is CC(C)(C)C(O)CCc1cscn1. The van der Waals surface area contributed by atoms with Crippen LogP contribution in [0.15, 0.2) is 10.9 Å². The van der Waals surface area contributed by atoms with Gasteiger partial charge in [-0.15, -0.1) is 11.3 Å². The highest BCUT2D eigenvalue weighted by molar-refractivity contribution is 7.07. The highest BCUT2D eigenvalue weighted by atomic mass is 32.1. The smallest absolute Gasteiger partial charge is 0.0794 e. The summed E-state index contributed by atoms with van der Waals surface area (Å²) < 4.78 is 0. The Hall–Kier alpha value is -0.410. The van der Waals surface area contributed by atoms with Gasteiger partial charge in [0.05, 0.1) is 17.3 Å². The van der Waals surface area contributed by atoms with Crippen LogP contribution in [0, 0.1) is 5.41 Å². The summed E-state index contributed by atoms with van der Waals surface area (Å²) in [4.78, 5) is 4.18. The Kier molecular flexibility index (Phi) is 3.45. The molecule has 0 amide bonds. The van der Waals surface area contributed by atoms with Crippen molar-refractivity contribution >= 4 is 11.3 Å². The monoisotopic (exact) mass is 199 g/mol. The van der Waals surface area contributed by atoms with Crippen LogP contribution in [0.25, 0.3) is 0 Å². The van der Waals surface area contributed by atoms with Crippen LogP contribution in [-0.2, 0) is 6.42 Å². The summed E-state index contributed by atoms with van der Waals surface area (Å²) in [6, 6.07) is 0. The molecular weight excluding hydrogens is 182 g/mol. The Bertz CT molecular complexity index is 238. The van der Waals surface area contributed by atoms with Crippen LogP contribution in [0.3, 0.4) is 0 Å². The molecule has 1 aromatic heterocycles. The molecule has 0 aliphatic rings. The molecular formula is C10H17NOS. The van der Waals surface area contributed by atoms with Gasteiger partial charge in [0, 0.05) is 5.38 Å². The van der Waals surface area contributed by atoms with Gasteiger partial charge in [-0.3, -0.25) is 0 Å². The van der Waals surface area contributed by atoms with Crippen molar-refractivity contribution in [3.05, 3.63) is 16.6 Å². The lowest BCUT2D eigenvalue weighted by Crippen LogP contribution is -2.26. The van der Waals surface area contributed by atoms with E-state index in [0.717, 1.165) is 18.5 Å². The minimum atomic E-state index is -0.241. The molecule has 0 fully saturated rings. The molecule has 3 heteroatoms. The van der Waals surface area contributed by atoms with Crippen molar-refractivity contribution < 1.29 is 5.11 Å². The van der Waals surface area contributed by atoms with E-state index in [1.807, 2.05) is 10.9 Å². The molecule has 74 valence electrons. The van der Waals surface area contributed by atoms with Gasteiger partial charge in [-0.1, -0.05) is 20.8 Å². The lowest BCUT2D eigenvalue weighted by atomic mass is 9.86. The van der Waals surface area contributed by atoms with Gasteiger partial charge in [0.2, 0.25) is 0 Å². The Balaban J connectivity index is 2.35. The van der Waals surface area contributed by atoms with E-state index in [9.17, 15) is 5.11 Å². The van der Waals surface area contributed by atoms with Gasteiger partial charge in [-0.05, 0) is 18.3 Å². The summed E-state index contributed by atoms with van der Waals surface area (Å²) in [6.07, 6.45) is 1.43. The summed E-state index contributed by atoms with van der Waals surface area (Å²) in [5.41, 5.74) is 2.91. The minimum Gasteiger partial charge on any atom is -0.393 e. The molecule has 0 saturated carbocycles. The second-order valence-corrected chi connectivity index (χ2v) is 5.12. The van der Waals surface area contributed by atoms with Crippen LogP contribution < -0.4 is 0 Å². The van der Waals surface area contributed by atoms with Gasteiger partial charge in [-0.25, -0.2) is 4.98 Å². The van der Waals surface area contributed by atoms with E-state index >= 15 is 0 Å². The number of aromatic nitrogens is 1. The van der Waals surface area contributed by atoms with E-state index in [1.165, 1.54) is 0 Å².